The highest BCUT2D eigenvalue weighted by Gasteiger charge is 2.31. The number of carbonyl (C=O) groups excluding carboxylic acids is 1. The quantitative estimate of drug-likeness (QED) is 0.729. The van der Waals surface area contributed by atoms with Crippen LogP contribution in [0.2, 0.25) is 0 Å². The Bertz CT molecular complexity index is 421. The van der Waals surface area contributed by atoms with Crippen molar-refractivity contribution >= 4 is 23.2 Å². The average Bonchev–Trinajstić information content (AvgIpc) is 2.60. The molecule has 0 aromatic heterocycles. The van der Waals surface area contributed by atoms with E-state index in [0.717, 1.165) is 5.56 Å². The summed E-state index contributed by atoms with van der Waals surface area (Å²) in [6.07, 6.45) is 0.414. The number of benzene rings is 1. The minimum absolute atomic E-state index is 0.0478. The third kappa shape index (κ3) is 2.05. The first-order valence-electron chi connectivity index (χ1n) is 5.24. The molecule has 1 fully saturated rings. The number of hydrogen-bond donors (Lipinski definition) is 0. The van der Waals surface area contributed by atoms with Crippen molar-refractivity contribution in [3.05, 3.63) is 29.6 Å². The SMILES string of the molecule is Cc1ccc(N2CC(CCl)CC2=O)c(F)c1. The lowest BCUT2D eigenvalue weighted by Crippen LogP contribution is -2.25. The van der Waals surface area contributed by atoms with E-state index < -0.39 is 0 Å². The number of halogens is 2. The molecule has 0 saturated carbocycles. The molecule has 1 aliphatic rings. The van der Waals surface area contributed by atoms with E-state index >= 15 is 0 Å². The molecule has 1 heterocycles. The number of aryl methyl sites for hydroxylation is 1. The van der Waals surface area contributed by atoms with Gasteiger partial charge < -0.3 is 4.90 Å². The van der Waals surface area contributed by atoms with Gasteiger partial charge in [-0.05, 0) is 30.5 Å². The van der Waals surface area contributed by atoms with Crippen LogP contribution in [0, 0.1) is 18.7 Å². The van der Waals surface area contributed by atoms with Crippen LogP contribution in [0.3, 0.4) is 0 Å². The lowest BCUT2D eigenvalue weighted by Gasteiger charge is -2.17. The van der Waals surface area contributed by atoms with Gasteiger partial charge in [0.05, 0.1) is 5.69 Å². The highest BCUT2D eigenvalue weighted by Crippen LogP contribution is 2.28. The predicted molar refractivity (Wildman–Crippen MR) is 62.3 cm³/mol. The molecular weight excluding hydrogens is 229 g/mol. The molecule has 2 nitrogen and oxygen atoms in total. The maximum absolute atomic E-state index is 13.7. The molecule has 4 heteroatoms. The summed E-state index contributed by atoms with van der Waals surface area (Å²) in [4.78, 5) is 13.2. The highest BCUT2D eigenvalue weighted by molar-refractivity contribution is 6.18. The van der Waals surface area contributed by atoms with Crippen LogP contribution in [0.4, 0.5) is 10.1 Å². The van der Waals surface area contributed by atoms with Gasteiger partial charge in [0.1, 0.15) is 5.82 Å². The van der Waals surface area contributed by atoms with Crippen LogP contribution in [0.25, 0.3) is 0 Å². The van der Waals surface area contributed by atoms with Gasteiger partial charge in [-0.15, -0.1) is 11.6 Å². The number of carbonyl (C=O) groups is 1. The molecular formula is C12H13ClFNO. The maximum atomic E-state index is 13.7. The molecule has 0 N–H and O–H groups in total. The number of anilines is 1. The molecule has 1 aliphatic heterocycles. The fraction of sp³-hybridized carbons (Fsp3) is 0.417. The first-order chi connectivity index (χ1) is 7.61. The second-order valence-electron chi connectivity index (χ2n) is 4.18. The molecule has 0 spiro atoms. The van der Waals surface area contributed by atoms with Crippen molar-refractivity contribution in [1.82, 2.24) is 0 Å². The second-order valence-corrected chi connectivity index (χ2v) is 4.49. The zero-order chi connectivity index (χ0) is 11.7. The lowest BCUT2D eigenvalue weighted by atomic mass is 10.1. The van der Waals surface area contributed by atoms with Crippen LogP contribution >= 0.6 is 11.6 Å². The van der Waals surface area contributed by atoms with Crippen molar-refractivity contribution in [2.45, 2.75) is 13.3 Å². The molecule has 0 bridgehead atoms. The van der Waals surface area contributed by atoms with Gasteiger partial charge in [-0.2, -0.15) is 0 Å². The maximum Gasteiger partial charge on any atom is 0.227 e. The molecule has 1 amide bonds. The van der Waals surface area contributed by atoms with Gasteiger partial charge in [0.15, 0.2) is 0 Å². The monoisotopic (exact) mass is 241 g/mol. The van der Waals surface area contributed by atoms with E-state index in [9.17, 15) is 9.18 Å². The van der Waals surface area contributed by atoms with Gasteiger partial charge in [0, 0.05) is 18.8 Å². The van der Waals surface area contributed by atoms with Crippen molar-refractivity contribution in [3.63, 3.8) is 0 Å². The van der Waals surface area contributed by atoms with E-state index in [1.807, 2.05) is 6.92 Å². The van der Waals surface area contributed by atoms with E-state index in [1.165, 1.54) is 11.0 Å². The Morgan fingerprint density at radius 2 is 2.31 bits per heavy atom. The number of rotatable bonds is 2. The van der Waals surface area contributed by atoms with Gasteiger partial charge in [-0.3, -0.25) is 4.79 Å². The van der Waals surface area contributed by atoms with Crippen LogP contribution in [0.5, 0.6) is 0 Å². The average molecular weight is 242 g/mol. The topological polar surface area (TPSA) is 20.3 Å². The minimum Gasteiger partial charge on any atom is -0.309 e. The summed E-state index contributed by atoms with van der Waals surface area (Å²) in [5, 5.41) is 0. The molecule has 1 unspecified atom stereocenters. The molecule has 1 saturated heterocycles. The van der Waals surface area contributed by atoms with Crippen LogP contribution in [-0.2, 0) is 4.79 Å². The summed E-state index contributed by atoms with van der Waals surface area (Å²) >= 11 is 5.72. The van der Waals surface area contributed by atoms with Crippen molar-refractivity contribution in [2.75, 3.05) is 17.3 Å². The van der Waals surface area contributed by atoms with E-state index in [0.29, 0.717) is 24.5 Å². The van der Waals surface area contributed by atoms with Gasteiger partial charge in [-0.1, -0.05) is 6.07 Å². The summed E-state index contributed by atoms with van der Waals surface area (Å²) in [6.45, 7) is 2.34. The van der Waals surface area contributed by atoms with Crippen molar-refractivity contribution in [3.8, 4) is 0 Å². The first-order valence-corrected chi connectivity index (χ1v) is 5.77. The van der Waals surface area contributed by atoms with E-state index in [1.54, 1.807) is 12.1 Å². The summed E-state index contributed by atoms with van der Waals surface area (Å²) < 4.78 is 13.7. The molecule has 1 aromatic carbocycles. The Morgan fingerprint density at radius 3 is 2.88 bits per heavy atom. The third-order valence-corrected chi connectivity index (χ3v) is 3.25. The molecule has 1 atom stereocenters. The zero-order valence-corrected chi connectivity index (χ0v) is 9.80. The lowest BCUT2D eigenvalue weighted by molar-refractivity contribution is -0.117. The van der Waals surface area contributed by atoms with E-state index in [2.05, 4.69) is 0 Å². The van der Waals surface area contributed by atoms with Crippen LogP contribution < -0.4 is 4.90 Å². The van der Waals surface area contributed by atoms with Crippen molar-refractivity contribution in [1.29, 1.82) is 0 Å². The number of nitrogens with zero attached hydrogens (tertiary/aromatic N) is 1. The Kier molecular flexibility index (Phi) is 3.15. The summed E-state index contributed by atoms with van der Waals surface area (Å²) in [5.74, 6) is 0.183. The third-order valence-electron chi connectivity index (χ3n) is 2.82. The summed E-state index contributed by atoms with van der Waals surface area (Å²) in [7, 11) is 0. The largest absolute Gasteiger partial charge is 0.309 e. The Hall–Kier alpha value is -1.09. The number of alkyl halides is 1. The molecule has 0 radical (unpaired) electrons. The van der Waals surface area contributed by atoms with Gasteiger partial charge >= 0.3 is 0 Å². The summed E-state index contributed by atoms with van der Waals surface area (Å²) in [5.41, 5.74) is 1.21. The Labute approximate surface area is 99.0 Å². The van der Waals surface area contributed by atoms with Crippen LogP contribution in [-0.4, -0.2) is 18.3 Å². The van der Waals surface area contributed by atoms with E-state index in [4.69, 9.17) is 11.6 Å². The standard InChI is InChI=1S/C12H13ClFNO/c1-8-2-3-11(10(14)4-8)15-7-9(6-13)5-12(15)16/h2-4,9H,5-7H2,1H3. The molecule has 0 aliphatic carbocycles. The van der Waals surface area contributed by atoms with Crippen LogP contribution in [0.15, 0.2) is 18.2 Å². The number of amides is 1. The minimum atomic E-state index is -0.344. The fourth-order valence-corrected chi connectivity index (χ4v) is 2.16. The smallest absolute Gasteiger partial charge is 0.227 e. The van der Waals surface area contributed by atoms with Gasteiger partial charge in [0.25, 0.3) is 0 Å². The summed E-state index contributed by atoms with van der Waals surface area (Å²) in [6, 6.07) is 4.90. The molecule has 2 rings (SSSR count). The van der Waals surface area contributed by atoms with Gasteiger partial charge in [-0.25, -0.2) is 4.39 Å². The zero-order valence-electron chi connectivity index (χ0n) is 9.04. The molecule has 16 heavy (non-hydrogen) atoms. The normalized spacial score (nSPS) is 20.6. The number of hydrogen-bond acceptors (Lipinski definition) is 1. The first kappa shape index (κ1) is 11.4. The van der Waals surface area contributed by atoms with Crippen molar-refractivity contribution < 1.29 is 9.18 Å². The Balaban J connectivity index is 2.28. The predicted octanol–water partition coefficient (Wildman–Crippen LogP) is 2.73. The second kappa shape index (κ2) is 4.42. The molecule has 1 aromatic rings. The van der Waals surface area contributed by atoms with E-state index in [-0.39, 0.29) is 17.6 Å². The van der Waals surface area contributed by atoms with Gasteiger partial charge in [0.2, 0.25) is 5.91 Å². The van der Waals surface area contributed by atoms with Crippen LogP contribution in [0.1, 0.15) is 12.0 Å². The molecule has 86 valence electrons. The fourth-order valence-electron chi connectivity index (χ4n) is 1.95. The highest BCUT2D eigenvalue weighted by atomic mass is 35.5. The van der Waals surface area contributed by atoms with Crippen molar-refractivity contribution in [2.24, 2.45) is 5.92 Å². The Morgan fingerprint density at radius 1 is 1.56 bits per heavy atom.